The average Bonchev–Trinajstić information content (AvgIpc) is 3.18. The molecule has 0 atom stereocenters. The summed E-state index contributed by atoms with van der Waals surface area (Å²) in [5.41, 5.74) is 1.76. The second-order valence-electron chi connectivity index (χ2n) is 6.34. The molecule has 29 heavy (non-hydrogen) atoms. The van der Waals surface area contributed by atoms with Gasteiger partial charge < -0.3 is 24.4 Å². The molecule has 0 aliphatic carbocycles. The summed E-state index contributed by atoms with van der Waals surface area (Å²) in [6, 6.07) is 11.8. The smallest absolute Gasteiger partial charge is 0.338 e. The average molecular weight is 398 g/mol. The number of nitrogens with one attached hydrogen (secondary N) is 1. The second-order valence-corrected chi connectivity index (χ2v) is 6.34. The standard InChI is InChI=1S/C21H22N2O6/c1-3-27-21(26)16-5-7-17(8-6-16)23(14(2)24)12-20(25)22-11-15-4-9-18-19(10-15)29-13-28-18/h4-10H,3,11-13H2,1-2H3,(H,22,25). The van der Waals surface area contributed by atoms with Crippen LogP contribution in [0.15, 0.2) is 42.5 Å². The Bertz CT molecular complexity index is 910. The predicted octanol–water partition coefficient (Wildman–Crippen LogP) is 2.26. The first-order chi connectivity index (χ1) is 14.0. The topological polar surface area (TPSA) is 94.2 Å². The van der Waals surface area contributed by atoms with Crippen molar-refractivity contribution in [2.45, 2.75) is 20.4 Å². The van der Waals surface area contributed by atoms with Gasteiger partial charge in [-0.1, -0.05) is 6.07 Å². The van der Waals surface area contributed by atoms with Crippen molar-refractivity contribution in [1.82, 2.24) is 5.32 Å². The number of rotatable bonds is 7. The Morgan fingerprint density at radius 1 is 1.07 bits per heavy atom. The number of benzene rings is 2. The van der Waals surface area contributed by atoms with Gasteiger partial charge in [-0.15, -0.1) is 0 Å². The zero-order chi connectivity index (χ0) is 20.8. The maximum Gasteiger partial charge on any atom is 0.338 e. The Kier molecular flexibility index (Phi) is 6.33. The lowest BCUT2D eigenvalue weighted by atomic mass is 10.2. The molecule has 0 radical (unpaired) electrons. The molecule has 1 aliphatic rings. The molecule has 2 amide bonds. The number of esters is 1. The third kappa shape index (κ3) is 5.04. The highest BCUT2D eigenvalue weighted by Crippen LogP contribution is 2.32. The molecule has 8 heteroatoms. The van der Waals surface area contributed by atoms with Crippen molar-refractivity contribution >= 4 is 23.5 Å². The molecule has 1 N–H and O–H groups in total. The zero-order valence-electron chi connectivity index (χ0n) is 16.3. The maximum atomic E-state index is 12.4. The van der Waals surface area contributed by atoms with Crippen LogP contribution in [0.1, 0.15) is 29.8 Å². The van der Waals surface area contributed by atoms with Crippen molar-refractivity contribution in [3.8, 4) is 11.5 Å². The first kappa shape index (κ1) is 20.2. The highest BCUT2D eigenvalue weighted by atomic mass is 16.7. The van der Waals surface area contributed by atoms with E-state index in [2.05, 4.69) is 5.32 Å². The molecule has 2 aromatic carbocycles. The summed E-state index contributed by atoms with van der Waals surface area (Å²) in [7, 11) is 0. The Labute approximate surface area is 168 Å². The molecule has 3 rings (SSSR count). The van der Waals surface area contributed by atoms with Crippen molar-refractivity contribution in [2.24, 2.45) is 0 Å². The number of ether oxygens (including phenoxy) is 3. The van der Waals surface area contributed by atoms with Crippen molar-refractivity contribution < 1.29 is 28.6 Å². The quantitative estimate of drug-likeness (QED) is 0.719. The summed E-state index contributed by atoms with van der Waals surface area (Å²) in [6.07, 6.45) is 0. The Balaban J connectivity index is 1.60. The van der Waals surface area contributed by atoms with Gasteiger partial charge in [-0.2, -0.15) is 0 Å². The molecule has 152 valence electrons. The normalized spacial score (nSPS) is 11.7. The molecular formula is C21H22N2O6. The highest BCUT2D eigenvalue weighted by molar-refractivity contribution is 5.98. The highest BCUT2D eigenvalue weighted by Gasteiger charge is 2.17. The molecule has 0 saturated carbocycles. The van der Waals surface area contributed by atoms with Crippen LogP contribution in [0.25, 0.3) is 0 Å². The van der Waals surface area contributed by atoms with E-state index in [0.717, 1.165) is 5.56 Å². The first-order valence-electron chi connectivity index (χ1n) is 9.18. The molecule has 0 aromatic heterocycles. The van der Waals surface area contributed by atoms with E-state index in [4.69, 9.17) is 14.2 Å². The van der Waals surface area contributed by atoms with E-state index < -0.39 is 5.97 Å². The van der Waals surface area contributed by atoms with Gasteiger partial charge in [0.05, 0.1) is 12.2 Å². The van der Waals surface area contributed by atoms with E-state index in [1.807, 2.05) is 6.07 Å². The van der Waals surface area contributed by atoms with E-state index in [-0.39, 0.29) is 31.8 Å². The van der Waals surface area contributed by atoms with Gasteiger partial charge in [0.15, 0.2) is 11.5 Å². The van der Waals surface area contributed by atoms with Gasteiger partial charge in [0.1, 0.15) is 6.54 Å². The predicted molar refractivity (Wildman–Crippen MR) is 105 cm³/mol. The molecule has 0 bridgehead atoms. The van der Waals surface area contributed by atoms with Crippen LogP contribution in [0.4, 0.5) is 5.69 Å². The number of fused-ring (bicyclic) bond motifs is 1. The summed E-state index contributed by atoms with van der Waals surface area (Å²) >= 11 is 0. The number of hydrogen-bond acceptors (Lipinski definition) is 6. The van der Waals surface area contributed by atoms with Crippen molar-refractivity contribution in [2.75, 3.05) is 24.8 Å². The van der Waals surface area contributed by atoms with Gasteiger partial charge in [-0.05, 0) is 48.9 Å². The lowest BCUT2D eigenvalue weighted by Crippen LogP contribution is -2.39. The molecule has 2 aromatic rings. The van der Waals surface area contributed by atoms with Crippen molar-refractivity contribution in [3.63, 3.8) is 0 Å². The molecule has 0 spiro atoms. The number of hydrogen-bond donors (Lipinski definition) is 1. The van der Waals surface area contributed by atoms with Crippen molar-refractivity contribution in [3.05, 3.63) is 53.6 Å². The zero-order valence-corrected chi connectivity index (χ0v) is 16.3. The molecule has 1 heterocycles. The van der Waals surface area contributed by atoms with E-state index in [1.165, 1.54) is 11.8 Å². The Hall–Kier alpha value is -3.55. The van der Waals surface area contributed by atoms with Crippen LogP contribution in [0.3, 0.4) is 0 Å². The fourth-order valence-corrected chi connectivity index (χ4v) is 2.83. The number of carbonyl (C=O) groups is 3. The largest absolute Gasteiger partial charge is 0.462 e. The van der Waals surface area contributed by atoms with Crippen LogP contribution in [-0.4, -0.2) is 37.7 Å². The van der Waals surface area contributed by atoms with Crippen LogP contribution in [-0.2, 0) is 20.9 Å². The van der Waals surface area contributed by atoms with Gasteiger partial charge in [0.2, 0.25) is 18.6 Å². The summed E-state index contributed by atoms with van der Waals surface area (Å²) in [6.45, 7) is 3.73. The van der Waals surface area contributed by atoms with Crippen LogP contribution in [0.2, 0.25) is 0 Å². The summed E-state index contributed by atoms with van der Waals surface area (Å²) in [5.74, 6) is 0.284. The van der Waals surface area contributed by atoms with E-state index in [0.29, 0.717) is 29.3 Å². The summed E-state index contributed by atoms with van der Waals surface area (Å²) in [5, 5.41) is 2.79. The van der Waals surface area contributed by atoms with Gasteiger partial charge in [0, 0.05) is 19.2 Å². The van der Waals surface area contributed by atoms with Crippen LogP contribution >= 0.6 is 0 Å². The molecule has 0 fully saturated rings. The molecule has 1 aliphatic heterocycles. The van der Waals surface area contributed by atoms with Crippen LogP contribution < -0.4 is 19.7 Å². The maximum absolute atomic E-state index is 12.4. The molecule has 0 saturated heterocycles. The van der Waals surface area contributed by atoms with Crippen LogP contribution in [0, 0.1) is 0 Å². The van der Waals surface area contributed by atoms with Gasteiger partial charge in [-0.25, -0.2) is 4.79 Å². The van der Waals surface area contributed by atoms with E-state index >= 15 is 0 Å². The molecular weight excluding hydrogens is 376 g/mol. The lowest BCUT2D eigenvalue weighted by Gasteiger charge is -2.21. The summed E-state index contributed by atoms with van der Waals surface area (Å²) in [4.78, 5) is 37.5. The third-order valence-electron chi connectivity index (χ3n) is 4.30. The van der Waals surface area contributed by atoms with Crippen LogP contribution in [0.5, 0.6) is 11.5 Å². The fourth-order valence-electron chi connectivity index (χ4n) is 2.83. The molecule has 8 nitrogen and oxygen atoms in total. The van der Waals surface area contributed by atoms with E-state index in [1.54, 1.807) is 43.3 Å². The number of nitrogens with zero attached hydrogens (tertiary/aromatic N) is 1. The van der Waals surface area contributed by atoms with Crippen molar-refractivity contribution in [1.29, 1.82) is 0 Å². The van der Waals surface area contributed by atoms with E-state index in [9.17, 15) is 14.4 Å². The first-order valence-corrected chi connectivity index (χ1v) is 9.18. The SMILES string of the molecule is CCOC(=O)c1ccc(N(CC(=O)NCc2ccc3c(c2)OCO3)C(C)=O)cc1. The molecule has 0 unspecified atom stereocenters. The number of anilines is 1. The minimum absolute atomic E-state index is 0.140. The van der Waals surface area contributed by atoms with Gasteiger partial charge >= 0.3 is 5.97 Å². The number of amides is 2. The minimum Gasteiger partial charge on any atom is -0.462 e. The minimum atomic E-state index is -0.435. The third-order valence-corrected chi connectivity index (χ3v) is 4.30. The van der Waals surface area contributed by atoms with Gasteiger partial charge in [-0.3, -0.25) is 9.59 Å². The Morgan fingerprint density at radius 2 is 1.79 bits per heavy atom. The number of carbonyl (C=O) groups excluding carboxylic acids is 3. The van der Waals surface area contributed by atoms with Gasteiger partial charge in [0.25, 0.3) is 0 Å². The second kappa shape index (κ2) is 9.09. The fraction of sp³-hybridized carbons (Fsp3) is 0.286. The summed E-state index contributed by atoms with van der Waals surface area (Å²) < 4.78 is 15.5. The lowest BCUT2D eigenvalue weighted by molar-refractivity contribution is -0.123. The Morgan fingerprint density at radius 3 is 2.48 bits per heavy atom. The monoisotopic (exact) mass is 398 g/mol.